The number of halogens is 4. The molecule has 0 amide bonds. The summed E-state index contributed by atoms with van der Waals surface area (Å²) in [6, 6.07) is 20.3. The van der Waals surface area contributed by atoms with Gasteiger partial charge in [0.2, 0.25) is 0 Å². The van der Waals surface area contributed by atoms with Crippen molar-refractivity contribution in [3.05, 3.63) is 160 Å². The number of hydrogen-bond donors (Lipinski definition) is 0. The van der Waals surface area contributed by atoms with E-state index < -0.39 is 41.4 Å². The molecule has 8 heteroatoms. The topological polar surface area (TPSA) is 0 Å². The van der Waals surface area contributed by atoms with Crippen LogP contribution in [0.15, 0.2) is 70.8 Å². The van der Waals surface area contributed by atoms with Crippen molar-refractivity contribution in [3.63, 3.8) is 0 Å². The first-order valence-electron chi connectivity index (χ1n) is 30.5. The number of rotatable bonds is 18. The molecule has 4 unspecified atom stereocenters. The molecule has 0 bridgehead atoms. The Labute approximate surface area is 482 Å². The fourth-order valence-electron chi connectivity index (χ4n) is 17.3. The summed E-state index contributed by atoms with van der Waals surface area (Å²) in [5, 5.41) is 0. The Bertz CT molecular complexity index is 2820. The maximum absolute atomic E-state index is 9.92. The van der Waals surface area contributed by atoms with E-state index in [1.165, 1.54) is 111 Å². The third-order valence-electron chi connectivity index (χ3n) is 21.5. The summed E-state index contributed by atoms with van der Waals surface area (Å²) in [4.78, 5) is 0. The van der Waals surface area contributed by atoms with Gasteiger partial charge in [-0.3, -0.25) is 0 Å². The Morgan fingerprint density at radius 1 is 0.338 bits per heavy atom. The van der Waals surface area contributed by atoms with E-state index in [9.17, 15) is 34.1 Å². The van der Waals surface area contributed by atoms with E-state index in [4.69, 9.17) is 0 Å². The molecule has 0 fully saturated rings. The van der Waals surface area contributed by atoms with Gasteiger partial charge in [0.15, 0.2) is 0 Å². The second-order valence-electron chi connectivity index (χ2n) is 29.1. The van der Waals surface area contributed by atoms with E-state index in [-0.39, 0.29) is 14.5 Å². The zero-order chi connectivity index (χ0) is 57.3. The molecule has 0 saturated carbocycles. The predicted molar refractivity (Wildman–Crippen MR) is 351 cm³/mol. The van der Waals surface area contributed by atoms with E-state index in [1.54, 1.807) is 0 Å². The van der Waals surface area contributed by atoms with Crippen LogP contribution in [0.3, 0.4) is 0 Å². The van der Waals surface area contributed by atoms with Gasteiger partial charge in [0.1, 0.15) is 0 Å². The van der Waals surface area contributed by atoms with Crippen LogP contribution in [0.4, 0.5) is 0 Å². The van der Waals surface area contributed by atoms with Crippen molar-refractivity contribution < 1.29 is 28.1 Å². The predicted octanol–water partition coefficient (Wildman–Crippen LogP) is 23.2. The summed E-state index contributed by atoms with van der Waals surface area (Å²) >= 11 is -12.2. The summed E-state index contributed by atoms with van der Waals surface area (Å²) in [5.74, 6) is 2.87. The molecule has 420 valence electrons. The maximum atomic E-state index is 9.92. The van der Waals surface area contributed by atoms with E-state index in [0.29, 0.717) is 47.3 Å². The first-order chi connectivity index (χ1) is 35.5. The van der Waals surface area contributed by atoms with E-state index in [1.807, 2.05) is 0 Å². The van der Waals surface area contributed by atoms with Crippen molar-refractivity contribution in [3.8, 4) is 0 Å². The Kier molecular flexibility index (Phi) is 16.6. The molecule has 0 heterocycles. The number of fused-ring (bicyclic) bond motifs is 4. The Morgan fingerprint density at radius 3 is 0.688 bits per heavy atom. The van der Waals surface area contributed by atoms with Crippen molar-refractivity contribution >= 4 is 71.6 Å². The van der Waals surface area contributed by atoms with E-state index >= 15 is 0 Å². The van der Waals surface area contributed by atoms with Gasteiger partial charge in [-0.25, -0.2) is 0 Å². The Morgan fingerprint density at radius 2 is 0.532 bits per heavy atom. The van der Waals surface area contributed by atoms with Crippen LogP contribution >= 0.6 is 34.1 Å². The zero-order valence-corrected chi connectivity index (χ0v) is 62.7. The summed E-state index contributed by atoms with van der Waals surface area (Å²) in [7, 11) is 39.7. The van der Waals surface area contributed by atoms with Gasteiger partial charge < -0.3 is 0 Å². The van der Waals surface area contributed by atoms with Crippen molar-refractivity contribution in [1.82, 2.24) is 0 Å². The molecular formula is C69H100Cl4Si2Zr2. The SMILES string of the molecule is C[SiH2][Zr]([Cl])([Cl])([CH2]C[CH2][Zr]([Cl])([Cl])([SiH2]C)([CH]1C(C)=Cc2c(C(C)C)cc(C(C)C)cc21)[CH]1C(C)=Cc2c(C(C)C)cc(C(C)C)cc21)([CH]1C(C)=Cc2c(C(C)C)cc(C(C)C)cc21)[CH]1C(C)=Cc2c(C(C)C)cc(C(C)C)cc21. The number of benzene rings is 4. The van der Waals surface area contributed by atoms with Crippen LogP contribution in [0, 0.1) is 0 Å². The third kappa shape index (κ3) is 9.57. The molecule has 4 aromatic carbocycles. The summed E-state index contributed by atoms with van der Waals surface area (Å²) in [6.45, 7) is 50.0. The van der Waals surface area contributed by atoms with Crippen LogP contribution in [-0.4, -0.2) is 13.3 Å². The molecule has 0 radical (unpaired) electrons. The van der Waals surface area contributed by atoms with Gasteiger partial charge in [-0.15, -0.1) is 0 Å². The summed E-state index contributed by atoms with van der Waals surface area (Å²) in [6.07, 6.45) is 11.0. The van der Waals surface area contributed by atoms with Crippen molar-refractivity contribution in [2.24, 2.45) is 0 Å². The first-order valence-corrected chi connectivity index (χ1v) is 67.0. The van der Waals surface area contributed by atoms with Crippen LogP contribution < -0.4 is 0 Å². The van der Waals surface area contributed by atoms with Gasteiger partial charge in [-0.2, -0.15) is 0 Å². The Balaban J connectivity index is 1.49. The second kappa shape index (κ2) is 20.5. The van der Waals surface area contributed by atoms with Gasteiger partial charge in [0, 0.05) is 0 Å². The summed E-state index contributed by atoms with van der Waals surface area (Å²) in [5.41, 5.74) is 27.8. The minimum atomic E-state index is -6.12. The minimum absolute atomic E-state index is 0.0564. The summed E-state index contributed by atoms with van der Waals surface area (Å²) < 4.78 is 1.33. The first kappa shape index (κ1) is 62.3. The normalized spacial score (nSPS) is 21.5. The number of hydrogen-bond acceptors (Lipinski definition) is 0. The molecule has 0 saturated heterocycles. The van der Waals surface area contributed by atoms with Gasteiger partial charge in [0.25, 0.3) is 0 Å². The molecule has 4 aliphatic carbocycles. The average Bonchev–Trinajstić information content (AvgIpc) is 4.09. The van der Waals surface area contributed by atoms with Gasteiger partial charge in [-0.1, -0.05) is 0 Å². The molecule has 4 aliphatic rings. The average molecular weight is 1310 g/mol. The number of allylic oxidation sites excluding steroid dienone is 4. The van der Waals surface area contributed by atoms with E-state index in [0.717, 1.165) is 14.7 Å². The molecule has 0 spiro atoms. The van der Waals surface area contributed by atoms with Crippen LogP contribution in [-0.2, 0) is 28.1 Å². The molecule has 0 aromatic heterocycles. The molecule has 4 aromatic rings. The molecular weight excluding hydrogens is 1210 g/mol. The molecule has 77 heavy (non-hydrogen) atoms. The van der Waals surface area contributed by atoms with Crippen LogP contribution in [0.5, 0.6) is 0 Å². The molecule has 0 aliphatic heterocycles. The monoisotopic (exact) mass is 1300 g/mol. The third-order valence-corrected chi connectivity index (χ3v) is 131. The quantitative estimate of drug-likeness (QED) is 0.0871. The molecule has 0 N–H and O–H groups in total. The van der Waals surface area contributed by atoms with Gasteiger partial charge >= 0.3 is 488 Å². The molecule has 4 atom stereocenters. The second-order valence-corrected chi connectivity index (χ2v) is 136. The Hall–Kier alpha value is -0.800. The molecule has 0 nitrogen and oxygen atoms in total. The van der Waals surface area contributed by atoms with Crippen LogP contribution in [0.25, 0.3) is 24.3 Å². The zero-order valence-electron chi connectivity index (χ0n) is 51.9. The fraction of sp³-hybridized carbons (Fsp3) is 0.536. The van der Waals surface area contributed by atoms with Crippen LogP contribution in [0.1, 0.15) is 296 Å². The molecule has 8 rings (SSSR count). The van der Waals surface area contributed by atoms with Gasteiger partial charge in [0.05, 0.1) is 0 Å². The van der Waals surface area contributed by atoms with Crippen molar-refractivity contribution in [2.75, 3.05) is 0 Å². The van der Waals surface area contributed by atoms with E-state index in [2.05, 4.69) is 224 Å². The van der Waals surface area contributed by atoms with Crippen molar-refractivity contribution in [2.45, 2.75) is 228 Å². The standard InChI is InChI=1S/4C16H21.C3H6.2CH5Si.4ClH.2Zr/c4*1-10(2)13-8-14-6-12(5)7-16(14)15(9-13)11(3)4;1-3-2;2*1-2;;;;;;/h4*6-11H,1-5H3;1-3H2;2*2H2,1H3;4*1H;;/q;;;;;;;;;;;2*+2/p-4. The van der Waals surface area contributed by atoms with Crippen molar-refractivity contribution in [1.29, 1.82) is 0 Å². The fourth-order valence-corrected chi connectivity index (χ4v) is 105. The van der Waals surface area contributed by atoms with Crippen LogP contribution in [0.2, 0.25) is 21.4 Å². The van der Waals surface area contributed by atoms with Gasteiger partial charge in [-0.05, 0) is 0 Å².